The molecule has 0 aliphatic carbocycles. The Morgan fingerprint density at radius 2 is 1.72 bits per heavy atom. The van der Waals surface area contributed by atoms with Crippen molar-refractivity contribution in [2.45, 2.75) is 20.5 Å². The molecular formula is C24H18Cl2O3. The maximum atomic E-state index is 12.7. The summed E-state index contributed by atoms with van der Waals surface area (Å²) in [7, 11) is 0. The van der Waals surface area contributed by atoms with Gasteiger partial charge in [-0.15, -0.1) is 0 Å². The van der Waals surface area contributed by atoms with Crippen LogP contribution in [0.25, 0.3) is 6.08 Å². The zero-order valence-electron chi connectivity index (χ0n) is 16.0. The van der Waals surface area contributed by atoms with Gasteiger partial charge in [-0.3, -0.25) is 4.79 Å². The van der Waals surface area contributed by atoms with Crippen LogP contribution in [-0.4, -0.2) is 5.78 Å². The highest BCUT2D eigenvalue weighted by molar-refractivity contribution is 6.42. The topological polar surface area (TPSA) is 35.5 Å². The highest BCUT2D eigenvalue weighted by Crippen LogP contribution is 2.39. The number of ether oxygens (including phenoxy) is 2. The number of rotatable bonds is 4. The molecule has 0 bridgehead atoms. The van der Waals surface area contributed by atoms with Crippen molar-refractivity contribution in [2.75, 3.05) is 0 Å². The second kappa shape index (κ2) is 7.94. The van der Waals surface area contributed by atoms with Crippen LogP contribution in [0.1, 0.15) is 32.6 Å². The number of benzene rings is 3. The van der Waals surface area contributed by atoms with Gasteiger partial charge in [-0.2, -0.15) is 0 Å². The molecule has 0 aromatic heterocycles. The van der Waals surface area contributed by atoms with Crippen molar-refractivity contribution in [3.05, 3.63) is 98.2 Å². The normalized spacial score (nSPS) is 14.1. The highest BCUT2D eigenvalue weighted by Gasteiger charge is 2.30. The number of carbonyl (C=O) groups excluding carboxylic acids is 1. The van der Waals surface area contributed by atoms with Crippen LogP contribution in [0, 0.1) is 13.8 Å². The van der Waals surface area contributed by atoms with E-state index in [1.54, 1.807) is 30.3 Å². The Morgan fingerprint density at radius 1 is 0.966 bits per heavy atom. The third-order valence-corrected chi connectivity index (χ3v) is 5.53. The highest BCUT2D eigenvalue weighted by atomic mass is 35.5. The van der Waals surface area contributed by atoms with E-state index in [0.717, 1.165) is 16.7 Å². The van der Waals surface area contributed by atoms with E-state index in [-0.39, 0.29) is 11.5 Å². The Bertz CT molecular complexity index is 1130. The average molecular weight is 425 g/mol. The van der Waals surface area contributed by atoms with Gasteiger partial charge in [0, 0.05) is 5.56 Å². The Kier molecular flexibility index (Phi) is 5.35. The Labute approximate surface area is 179 Å². The van der Waals surface area contributed by atoms with Crippen LogP contribution in [0.4, 0.5) is 0 Å². The molecule has 0 saturated heterocycles. The van der Waals surface area contributed by atoms with Crippen molar-refractivity contribution >= 4 is 35.1 Å². The molecule has 0 saturated carbocycles. The fourth-order valence-corrected chi connectivity index (χ4v) is 3.43. The molecule has 0 unspecified atom stereocenters. The molecule has 1 aliphatic heterocycles. The molecule has 3 aromatic carbocycles. The number of fused-ring (bicyclic) bond motifs is 1. The number of hydrogen-bond acceptors (Lipinski definition) is 3. The van der Waals surface area contributed by atoms with Crippen LogP contribution in [0.2, 0.25) is 10.0 Å². The molecule has 0 atom stereocenters. The van der Waals surface area contributed by atoms with E-state index < -0.39 is 0 Å². The molecule has 3 nitrogen and oxygen atoms in total. The lowest BCUT2D eigenvalue weighted by Gasteiger charge is -2.11. The third-order valence-electron chi connectivity index (χ3n) is 4.79. The van der Waals surface area contributed by atoms with E-state index in [9.17, 15) is 4.79 Å². The molecule has 4 rings (SSSR count). The van der Waals surface area contributed by atoms with Gasteiger partial charge in [0.2, 0.25) is 5.78 Å². The second-order valence-electron chi connectivity index (χ2n) is 6.95. The van der Waals surface area contributed by atoms with E-state index >= 15 is 0 Å². The van der Waals surface area contributed by atoms with Gasteiger partial charge in [0.15, 0.2) is 5.76 Å². The predicted molar refractivity (Wildman–Crippen MR) is 116 cm³/mol. The molecule has 3 aromatic rings. The minimum Gasteiger partial charge on any atom is -0.488 e. The fourth-order valence-electron chi connectivity index (χ4n) is 3.12. The maximum Gasteiger partial charge on any atom is 0.231 e. The fraction of sp³-hybridized carbons (Fsp3) is 0.125. The summed E-state index contributed by atoms with van der Waals surface area (Å²) in [6.45, 7) is 4.38. The van der Waals surface area contributed by atoms with Gasteiger partial charge in [-0.1, -0.05) is 59.1 Å². The molecule has 0 radical (unpaired) electrons. The molecule has 0 amide bonds. The summed E-state index contributed by atoms with van der Waals surface area (Å²) in [5.74, 6) is 1.30. The van der Waals surface area contributed by atoms with Crippen molar-refractivity contribution in [1.29, 1.82) is 0 Å². The lowest BCUT2D eigenvalue weighted by atomic mass is 10.1. The summed E-state index contributed by atoms with van der Waals surface area (Å²) < 4.78 is 11.9. The average Bonchev–Trinajstić information content (AvgIpc) is 3.02. The van der Waals surface area contributed by atoms with Crippen molar-refractivity contribution in [1.82, 2.24) is 0 Å². The number of aryl methyl sites for hydroxylation is 1. The predicted octanol–water partition coefficient (Wildman–Crippen LogP) is 6.81. The first kappa shape index (κ1) is 19.6. The smallest absolute Gasteiger partial charge is 0.231 e. The molecular weight excluding hydrogens is 407 g/mol. The zero-order chi connectivity index (χ0) is 20.5. The molecule has 1 aliphatic rings. The minimum absolute atomic E-state index is 0.167. The second-order valence-corrected chi connectivity index (χ2v) is 7.77. The summed E-state index contributed by atoms with van der Waals surface area (Å²) >= 11 is 12.0. The molecule has 0 spiro atoms. The molecule has 29 heavy (non-hydrogen) atoms. The van der Waals surface area contributed by atoms with Crippen LogP contribution in [-0.2, 0) is 6.61 Å². The molecule has 1 heterocycles. The van der Waals surface area contributed by atoms with Gasteiger partial charge in [0.05, 0.1) is 15.6 Å². The molecule has 5 heteroatoms. The van der Waals surface area contributed by atoms with Gasteiger partial charge >= 0.3 is 0 Å². The van der Waals surface area contributed by atoms with Crippen molar-refractivity contribution in [3.63, 3.8) is 0 Å². The van der Waals surface area contributed by atoms with Gasteiger partial charge in [-0.25, -0.2) is 0 Å². The van der Waals surface area contributed by atoms with Crippen LogP contribution in [0.15, 0.2) is 60.4 Å². The Hall–Kier alpha value is -2.75. The monoisotopic (exact) mass is 424 g/mol. The largest absolute Gasteiger partial charge is 0.488 e. The summed E-state index contributed by atoms with van der Waals surface area (Å²) in [5.41, 5.74) is 4.34. The first-order valence-corrected chi connectivity index (χ1v) is 9.89. The first-order valence-electron chi connectivity index (χ1n) is 9.13. The van der Waals surface area contributed by atoms with Crippen molar-refractivity contribution in [3.8, 4) is 11.5 Å². The minimum atomic E-state index is -0.167. The first-order chi connectivity index (χ1) is 13.9. The number of hydrogen-bond donors (Lipinski definition) is 0. The van der Waals surface area contributed by atoms with Gasteiger partial charge in [0.25, 0.3) is 0 Å². The number of Topliss-reactive ketones (excluding diaryl/α,β-unsaturated/α-hetero) is 1. The van der Waals surface area contributed by atoms with Gasteiger partial charge in [0.1, 0.15) is 18.1 Å². The Balaban J connectivity index is 1.57. The lowest BCUT2D eigenvalue weighted by molar-refractivity contribution is 0.101. The zero-order valence-corrected chi connectivity index (χ0v) is 17.5. The standard InChI is InChI=1S/C24H18Cl2O3/c1-14-3-5-16(6-4-14)13-28-21-10-8-18-23(27)22(29-24(18)15(21)2)12-17-7-9-19(25)20(26)11-17/h3-12H,13H2,1-2H3/b22-12-. The van der Waals surface area contributed by atoms with Crippen molar-refractivity contribution in [2.24, 2.45) is 0 Å². The molecule has 146 valence electrons. The van der Waals surface area contributed by atoms with Crippen LogP contribution in [0.3, 0.4) is 0 Å². The maximum absolute atomic E-state index is 12.7. The van der Waals surface area contributed by atoms with Crippen molar-refractivity contribution < 1.29 is 14.3 Å². The SMILES string of the molecule is Cc1ccc(COc2ccc3c(c2C)O/C(=C\c2ccc(Cl)c(Cl)c2)C3=O)cc1. The quantitative estimate of drug-likeness (QED) is 0.431. The number of halogens is 2. The van der Waals surface area contributed by atoms with E-state index in [0.29, 0.717) is 33.7 Å². The summed E-state index contributed by atoms with van der Waals surface area (Å²) in [6.07, 6.45) is 1.66. The third kappa shape index (κ3) is 4.02. The lowest BCUT2D eigenvalue weighted by Crippen LogP contribution is -1.98. The number of allylic oxidation sites excluding steroid dienone is 1. The molecule has 0 fully saturated rings. The number of carbonyl (C=O) groups is 1. The summed E-state index contributed by atoms with van der Waals surface area (Å²) in [5, 5.41) is 0.883. The van der Waals surface area contributed by atoms with Crippen LogP contribution in [0.5, 0.6) is 11.5 Å². The Morgan fingerprint density at radius 3 is 2.45 bits per heavy atom. The van der Waals surface area contributed by atoms with Gasteiger partial charge in [-0.05, 0) is 55.3 Å². The van der Waals surface area contributed by atoms with E-state index in [2.05, 4.69) is 12.1 Å². The van der Waals surface area contributed by atoms with Gasteiger partial charge < -0.3 is 9.47 Å². The van der Waals surface area contributed by atoms with Crippen LogP contribution < -0.4 is 9.47 Å². The van der Waals surface area contributed by atoms with E-state index in [1.807, 2.05) is 32.0 Å². The molecule has 0 N–H and O–H groups in total. The van der Waals surface area contributed by atoms with E-state index in [1.165, 1.54) is 5.56 Å². The van der Waals surface area contributed by atoms with E-state index in [4.69, 9.17) is 32.7 Å². The van der Waals surface area contributed by atoms with Crippen LogP contribution >= 0.6 is 23.2 Å². The summed E-state index contributed by atoms with van der Waals surface area (Å²) in [4.78, 5) is 12.7. The summed E-state index contributed by atoms with van der Waals surface area (Å²) in [6, 6.07) is 16.9. The number of ketones is 1.